The van der Waals surface area contributed by atoms with Gasteiger partial charge in [0.15, 0.2) is 0 Å². The van der Waals surface area contributed by atoms with Crippen LogP contribution in [0.15, 0.2) is 22.7 Å². The van der Waals surface area contributed by atoms with E-state index in [0.29, 0.717) is 17.5 Å². The highest BCUT2D eigenvalue weighted by atomic mass is 32.2. The minimum atomic E-state index is -2.93. The molecule has 0 saturated carbocycles. The Morgan fingerprint density at radius 2 is 2.32 bits per heavy atom. The van der Waals surface area contributed by atoms with E-state index < -0.39 is 9.84 Å². The summed E-state index contributed by atoms with van der Waals surface area (Å²) in [6.07, 6.45) is 2.11. The summed E-state index contributed by atoms with van der Waals surface area (Å²) in [6, 6.07) is 4.09. The highest BCUT2D eigenvalue weighted by molar-refractivity contribution is 8.00. The van der Waals surface area contributed by atoms with Crippen molar-refractivity contribution in [2.45, 2.75) is 18.1 Å². The maximum Gasteiger partial charge on any atom is 0.209 e. The van der Waals surface area contributed by atoms with Crippen molar-refractivity contribution in [3.8, 4) is 0 Å². The van der Waals surface area contributed by atoms with Crippen LogP contribution in [0.2, 0.25) is 0 Å². The second-order valence-corrected chi connectivity index (χ2v) is 8.35. The van der Waals surface area contributed by atoms with Crippen molar-refractivity contribution in [1.29, 1.82) is 0 Å². The molecule has 0 radical (unpaired) electrons. The third-order valence-corrected chi connectivity index (χ3v) is 5.43. The molecule has 0 saturated heterocycles. The van der Waals surface area contributed by atoms with Crippen molar-refractivity contribution < 1.29 is 8.42 Å². The molecule has 6 nitrogen and oxygen atoms in total. The van der Waals surface area contributed by atoms with E-state index >= 15 is 0 Å². The Labute approximate surface area is 120 Å². The topological polar surface area (TPSA) is 77.7 Å². The molecule has 19 heavy (non-hydrogen) atoms. The van der Waals surface area contributed by atoms with Crippen molar-refractivity contribution >= 4 is 32.9 Å². The molecule has 0 bridgehead atoms. The highest BCUT2D eigenvalue weighted by Crippen LogP contribution is 2.15. The van der Waals surface area contributed by atoms with Gasteiger partial charge < -0.3 is 0 Å². The molecule has 0 atom stereocenters. The molecule has 0 amide bonds. The van der Waals surface area contributed by atoms with Crippen LogP contribution in [0, 0.1) is 0 Å². The third kappa shape index (κ3) is 4.92. The largest absolute Gasteiger partial charge is 0.229 e. The highest BCUT2D eigenvalue weighted by Gasteiger charge is 2.09. The Kier molecular flexibility index (Phi) is 4.94. The van der Waals surface area contributed by atoms with E-state index in [1.807, 2.05) is 11.4 Å². The number of rotatable bonds is 7. The fourth-order valence-corrected chi connectivity index (χ4v) is 4.19. The monoisotopic (exact) mass is 318 g/mol. The molecule has 0 N–H and O–H groups in total. The number of aromatic nitrogens is 4. The molecule has 0 aromatic carbocycles. The van der Waals surface area contributed by atoms with E-state index in [2.05, 4.69) is 21.6 Å². The second kappa shape index (κ2) is 6.49. The summed E-state index contributed by atoms with van der Waals surface area (Å²) in [6.45, 7) is 0.703. The predicted molar refractivity (Wildman–Crippen MR) is 76.3 cm³/mol. The fourth-order valence-electron chi connectivity index (χ4n) is 1.40. The summed E-state index contributed by atoms with van der Waals surface area (Å²) < 4.78 is 23.8. The number of tetrazole rings is 1. The molecule has 0 aliphatic rings. The van der Waals surface area contributed by atoms with Gasteiger partial charge in [0.1, 0.15) is 9.84 Å². The minimum absolute atomic E-state index is 0.134. The zero-order chi connectivity index (χ0) is 13.7. The van der Waals surface area contributed by atoms with Gasteiger partial charge in [-0.3, -0.25) is 0 Å². The SMILES string of the molecule is CS(=O)(=O)CCSc1nnnn1CCc1cccs1. The number of hydrogen-bond acceptors (Lipinski definition) is 7. The van der Waals surface area contributed by atoms with Gasteiger partial charge in [-0.2, -0.15) is 0 Å². The van der Waals surface area contributed by atoms with Gasteiger partial charge in [-0.15, -0.1) is 16.4 Å². The van der Waals surface area contributed by atoms with E-state index in [1.54, 1.807) is 16.0 Å². The molecule has 0 unspecified atom stereocenters. The number of thioether (sulfide) groups is 1. The summed E-state index contributed by atoms with van der Waals surface area (Å²) >= 11 is 3.07. The van der Waals surface area contributed by atoms with Gasteiger partial charge >= 0.3 is 0 Å². The van der Waals surface area contributed by atoms with Crippen LogP contribution in [0.25, 0.3) is 0 Å². The van der Waals surface area contributed by atoms with Gasteiger partial charge in [0.05, 0.1) is 12.3 Å². The Hall–Kier alpha value is -0.930. The van der Waals surface area contributed by atoms with Crippen molar-refractivity contribution in [3.63, 3.8) is 0 Å². The van der Waals surface area contributed by atoms with E-state index in [9.17, 15) is 8.42 Å². The molecular formula is C10H14N4O2S3. The van der Waals surface area contributed by atoms with Crippen LogP contribution >= 0.6 is 23.1 Å². The standard InChI is InChI=1S/C10H14N4O2S3/c1-19(15,16)8-7-18-10-11-12-13-14(10)5-4-9-3-2-6-17-9/h2-3,6H,4-5,7-8H2,1H3. The van der Waals surface area contributed by atoms with Crippen molar-refractivity contribution in [3.05, 3.63) is 22.4 Å². The number of sulfone groups is 1. The van der Waals surface area contributed by atoms with Crippen LogP contribution < -0.4 is 0 Å². The molecule has 2 aromatic heterocycles. The lowest BCUT2D eigenvalue weighted by atomic mass is 10.3. The third-order valence-electron chi connectivity index (χ3n) is 2.33. The quantitative estimate of drug-likeness (QED) is 0.712. The van der Waals surface area contributed by atoms with E-state index in [-0.39, 0.29) is 5.75 Å². The van der Waals surface area contributed by atoms with Crippen LogP contribution in [0.1, 0.15) is 4.88 Å². The molecule has 0 aliphatic heterocycles. The summed E-state index contributed by atoms with van der Waals surface area (Å²) in [5, 5.41) is 14.2. The summed E-state index contributed by atoms with van der Waals surface area (Å²) in [7, 11) is -2.93. The predicted octanol–water partition coefficient (Wildman–Crippen LogP) is 1.11. The molecule has 0 spiro atoms. The van der Waals surface area contributed by atoms with Crippen molar-refractivity contribution in [2.75, 3.05) is 17.8 Å². The van der Waals surface area contributed by atoms with Gasteiger partial charge in [0.25, 0.3) is 0 Å². The zero-order valence-corrected chi connectivity index (χ0v) is 12.8. The molecule has 0 aliphatic carbocycles. The molecular weight excluding hydrogens is 304 g/mol. The maximum atomic E-state index is 11.1. The van der Waals surface area contributed by atoms with Crippen LogP contribution in [-0.4, -0.2) is 46.4 Å². The van der Waals surface area contributed by atoms with Crippen LogP contribution in [0.4, 0.5) is 0 Å². The van der Waals surface area contributed by atoms with E-state index in [0.717, 1.165) is 6.42 Å². The maximum absolute atomic E-state index is 11.1. The average Bonchev–Trinajstić information content (AvgIpc) is 2.95. The lowest BCUT2D eigenvalue weighted by Crippen LogP contribution is -2.08. The average molecular weight is 318 g/mol. The second-order valence-electron chi connectivity index (χ2n) is 3.99. The molecule has 2 rings (SSSR count). The van der Waals surface area contributed by atoms with Gasteiger partial charge in [-0.1, -0.05) is 17.8 Å². The number of nitrogens with zero attached hydrogens (tertiary/aromatic N) is 4. The van der Waals surface area contributed by atoms with E-state index in [1.165, 1.54) is 22.9 Å². The summed E-state index contributed by atoms with van der Waals surface area (Å²) in [5.41, 5.74) is 0. The minimum Gasteiger partial charge on any atom is -0.229 e. The van der Waals surface area contributed by atoms with Crippen LogP contribution in [-0.2, 0) is 22.8 Å². The van der Waals surface area contributed by atoms with Gasteiger partial charge in [-0.25, -0.2) is 13.1 Å². The van der Waals surface area contributed by atoms with Gasteiger partial charge in [-0.05, 0) is 21.9 Å². The number of hydrogen-bond donors (Lipinski definition) is 0. The summed E-state index contributed by atoms with van der Waals surface area (Å²) in [5.74, 6) is 0.605. The van der Waals surface area contributed by atoms with Crippen LogP contribution in [0.3, 0.4) is 0 Å². The van der Waals surface area contributed by atoms with Crippen molar-refractivity contribution in [1.82, 2.24) is 20.2 Å². The zero-order valence-electron chi connectivity index (χ0n) is 10.4. The van der Waals surface area contributed by atoms with E-state index in [4.69, 9.17) is 0 Å². The molecule has 9 heteroatoms. The first kappa shape index (κ1) is 14.5. The Balaban J connectivity index is 1.87. The lowest BCUT2D eigenvalue weighted by molar-refractivity contribution is 0.551. The fraction of sp³-hybridized carbons (Fsp3) is 0.500. The number of thiophene rings is 1. The Morgan fingerprint density at radius 1 is 1.47 bits per heavy atom. The first-order valence-electron chi connectivity index (χ1n) is 5.64. The summed E-state index contributed by atoms with van der Waals surface area (Å²) in [4.78, 5) is 1.28. The van der Waals surface area contributed by atoms with Crippen molar-refractivity contribution in [2.24, 2.45) is 0 Å². The molecule has 0 fully saturated rings. The van der Waals surface area contributed by atoms with Crippen LogP contribution in [0.5, 0.6) is 0 Å². The van der Waals surface area contributed by atoms with Gasteiger partial charge in [0.2, 0.25) is 5.16 Å². The molecule has 2 heterocycles. The smallest absolute Gasteiger partial charge is 0.209 e. The molecule has 104 valence electrons. The Morgan fingerprint density at radius 3 is 3.00 bits per heavy atom. The lowest BCUT2D eigenvalue weighted by Gasteiger charge is -2.02. The first-order chi connectivity index (χ1) is 9.04. The first-order valence-corrected chi connectivity index (χ1v) is 9.56. The molecule has 2 aromatic rings. The van der Waals surface area contributed by atoms with Gasteiger partial charge in [0, 0.05) is 23.3 Å². The normalized spacial score (nSPS) is 11.8. The Bertz CT molecular complexity index is 607. The number of aryl methyl sites for hydroxylation is 2.